The van der Waals surface area contributed by atoms with Crippen molar-refractivity contribution in [2.24, 2.45) is 7.05 Å². The Morgan fingerprint density at radius 1 is 1.07 bits per heavy atom. The van der Waals surface area contributed by atoms with E-state index in [9.17, 15) is 0 Å². The third kappa shape index (κ3) is 2.95. The number of rotatable bonds is 3. The monoisotopic (exact) mass is 405 g/mol. The minimum atomic E-state index is -0.0787. The molecule has 0 unspecified atom stereocenters. The lowest BCUT2D eigenvalue weighted by molar-refractivity contribution is 0.382. The van der Waals surface area contributed by atoms with Crippen LogP contribution in [0.4, 0.5) is 11.8 Å². The molecule has 0 spiro atoms. The maximum atomic E-state index is 6.18. The molecule has 1 fully saturated rings. The number of anilines is 2. The van der Waals surface area contributed by atoms with Gasteiger partial charge in [0.2, 0.25) is 5.95 Å². The summed E-state index contributed by atoms with van der Waals surface area (Å²) in [5, 5.41) is 8.38. The molecule has 148 valence electrons. The average molecular weight is 406 g/mol. The van der Waals surface area contributed by atoms with Crippen molar-refractivity contribution in [1.29, 1.82) is 0 Å². The summed E-state index contributed by atoms with van der Waals surface area (Å²) in [6.45, 7) is 3.75. The number of nitrogens with two attached hydrogens (primary N) is 1. The van der Waals surface area contributed by atoms with Gasteiger partial charge in [-0.1, -0.05) is 30.3 Å². The molecule has 0 radical (unpaired) electrons. The topological polar surface area (TPSA) is 85.8 Å². The van der Waals surface area contributed by atoms with E-state index < -0.39 is 0 Å². The van der Waals surface area contributed by atoms with Gasteiger partial charge in [-0.2, -0.15) is 15.1 Å². The van der Waals surface area contributed by atoms with Gasteiger partial charge in [-0.05, 0) is 25.3 Å². The summed E-state index contributed by atoms with van der Waals surface area (Å²) in [5.74, 6) is 1.16. The number of hydrogen-bond donors (Lipinski definition) is 1. The Morgan fingerprint density at radius 2 is 1.83 bits per heavy atom. The predicted octanol–water partition coefficient (Wildman–Crippen LogP) is 3.30. The Kier molecular flexibility index (Phi) is 4.24. The van der Waals surface area contributed by atoms with Gasteiger partial charge >= 0.3 is 0 Å². The van der Waals surface area contributed by atoms with E-state index in [0.717, 1.165) is 42.0 Å². The summed E-state index contributed by atoms with van der Waals surface area (Å²) < 4.78 is 1.74. The highest BCUT2D eigenvalue weighted by molar-refractivity contribution is 7.09. The highest BCUT2D eigenvalue weighted by Gasteiger charge is 2.40. The van der Waals surface area contributed by atoms with Gasteiger partial charge in [0.15, 0.2) is 5.65 Å². The summed E-state index contributed by atoms with van der Waals surface area (Å²) in [6, 6.07) is 10.7. The number of thiazole rings is 1. The van der Waals surface area contributed by atoms with Crippen molar-refractivity contribution in [3.63, 3.8) is 0 Å². The van der Waals surface area contributed by atoms with Gasteiger partial charge in [0.25, 0.3) is 0 Å². The number of aryl methyl sites for hydroxylation is 2. The molecule has 0 aliphatic carbocycles. The summed E-state index contributed by atoms with van der Waals surface area (Å²) >= 11 is 1.72. The number of benzene rings is 1. The van der Waals surface area contributed by atoms with E-state index in [0.29, 0.717) is 11.8 Å². The number of nitrogen functional groups attached to an aromatic ring is 1. The second-order valence-corrected chi connectivity index (χ2v) is 8.66. The van der Waals surface area contributed by atoms with Gasteiger partial charge < -0.3 is 10.6 Å². The van der Waals surface area contributed by atoms with Gasteiger partial charge in [0, 0.05) is 30.9 Å². The zero-order valence-electron chi connectivity index (χ0n) is 16.5. The van der Waals surface area contributed by atoms with Gasteiger partial charge in [-0.15, -0.1) is 11.3 Å². The standard InChI is InChI=1S/C21H23N7S/c1-14-24-17(13-29-14)21(15-6-4-3-5-7-15)8-10-28(11-9-21)20-25-18(22)16-12-23-27(2)19(16)26-20/h3-7,12-13H,8-11H2,1-2H3,(H2,22,25,26). The zero-order chi connectivity index (χ0) is 20.0. The molecule has 4 heterocycles. The van der Waals surface area contributed by atoms with E-state index >= 15 is 0 Å². The number of hydrogen-bond acceptors (Lipinski definition) is 7. The molecule has 0 amide bonds. The third-order valence-electron chi connectivity index (χ3n) is 5.95. The first-order valence-electron chi connectivity index (χ1n) is 9.75. The molecule has 1 aliphatic heterocycles. The summed E-state index contributed by atoms with van der Waals surface area (Å²) in [7, 11) is 1.87. The first-order chi connectivity index (χ1) is 14.1. The quantitative estimate of drug-likeness (QED) is 0.563. The van der Waals surface area contributed by atoms with Crippen molar-refractivity contribution in [3.05, 3.63) is 58.2 Å². The Bertz CT molecular complexity index is 1160. The van der Waals surface area contributed by atoms with Crippen LogP contribution in [-0.4, -0.2) is 37.8 Å². The first kappa shape index (κ1) is 18.1. The first-order valence-corrected chi connectivity index (χ1v) is 10.6. The SMILES string of the molecule is Cc1nc(C2(c3ccccc3)CCN(c3nc(N)c4cnn(C)c4n3)CC2)cs1. The van der Waals surface area contributed by atoms with Crippen molar-refractivity contribution >= 4 is 34.1 Å². The smallest absolute Gasteiger partial charge is 0.229 e. The fraction of sp³-hybridized carbons (Fsp3) is 0.333. The van der Waals surface area contributed by atoms with E-state index in [4.69, 9.17) is 15.7 Å². The van der Waals surface area contributed by atoms with Crippen LogP contribution in [0.5, 0.6) is 0 Å². The largest absolute Gasteiger partial charge is 0.383 e. The molecule has 8 heteroatoms. The van der Waals surface area contributed by atoms with E-state index in [-0.39, 0.29) is 5.41 Å². The predicted molar refractivity (Wildman–Crippen MR) is 116 cm³/mol. The summed E-state index contributed by atoms with van der Waals surface area (Å²) in [5.41, 5.74) is 9.36. The van der Waals surface area contributed by atoms with Gasteiger partial charge in [0.05, 0.1) is 22.3 Å². The minimum absolute atomic E-state index is 0.0787. The van der Waals surface area contributed by atoms with Crippen molar-refractivity contribution in [2.45, 2.75) is 25.2 Å². The Labute approximate surface area is 173 Å². The van der Waals surface area contributed by atoms with Crippen LogP contribution in [0.15, 0.2) is 41.9 Å². The van der Waals surface area contributed by atoms with Crippen LogP contribution in [-0.2, 0) is 12.5 Å². The second-order valence-electron chi connectivity index (χ2n) is 7.60. The fourth-order valence-corrected chi connectivity index (χ4v) is 5.01. The van der Waals surface area contributed by atoms with E-state index in [1.165, 1.54) is 11.3 Å². The molecular formula is C21H23N7S. The van der Waals surface area contributed by atoms with E-state index in [1.54, 1.807) is 22.2 Å². The van der Waals surface area contributed by atoms with Crippen LogP contribution in [0.2, 0.25) is 0 Å². The molecular weight excluding hydrogens is 382 g/mol. The van der Waals surface area contributed by atoms with Gasteiger partial charge in [-0.25, -0.2) is 4.98 Å². The molecule has 1 saturated heterocycles. The maximum Gasteiger partial charge on any atom is 0.229 e. The Balaban J connectivity index is 1.49. The lowest BCUT2D eigenvalue weighted by Crippen LogP contribution is -2.44. The molecule has 7 nitrogen and oxygen atoms in total. The second kappa shape index (κ2) is 6.81. The average Bonchev–Trinajstić information content (AvgIpc) is 3.35. The van der Waals surface area contributed by atoms with Gasteiger partial charge in [0.1, 0.15) is 5.82 Å². The number of piperidine rings is 1. The molecule has 3 aromatic heterocycles. The highest BCUT2D eigenvalue weighted by atomic mass is 32.1. The maximum absolute atomic E-state index is 6.18. The third-order valence-corrected chi connectivity index (χ3v) is 6.72. The van der Waals surface area contributed by atoms with Crippen LogP contribution in [0.25, 0.3) is 11.0 Å². The summed E-state index contributed by atoms with van der Waals surface area (Å²) in [4.78, 5) is 16.4. The molecule has 2 N–H and O–H groups in total. The summed E-state index contributed by atoms with van der Waals surface area (Å²) in [6.07, 6.45) is 3.62. The molecule has 4 aromatic rings. The molecule has 0 bridgehead atoms. The van der Waals surface area contributed by atoms with Crippen LogP contribution >= 0.6 is 11.3 Å². The van der Waals surface area contributed by atoms with Crippen molar-refractivity contribution in [3.8, 4) is 0 Å². The highest BCUT2D eigenvalue weighted by Crippen LogP contribution is 2.42. The molecule has 0 atom stereocenters. The van der Waals surface area contributed by atoms with Crippen molar-refractivity contribution in [2.75, 3.05) is 23.7 Å². The van der Waals surface area contributed by atoms with Crippen LogP contribution in [0.3, 0.4) is 0 Å². The van der Waals surface area contributed by atoms with Crippen LogP contribution in [0, 0.1) is 6.92 Å². The molecule has 29 heavy (non-hydrogen) atoms. The van der Waals surface area contributed by atoms with Crippen LogP contribution < -0.4 is 10.6 Å². The molecule has 1 aromatic carbocycles. The number of aromatic nitrogens is 5. The van der Waals surface area contributed by atoms with Crippen molar-refractivity contribution < 1.29 is 0 Å². The number of nitrogens with zero attached hydrogens (tertiary/aromatic N) is 6. The lowest BCUT2D eigenvalue weighted by Gasteiger charge is -2.41. The van der Waals surface area contributed by atoms with Crippen molar-refractivity contribution in [1.82, 2.24) is 24.7 Å². The van der Waals surface area contributed by atoms with E-state index in [2.05, 4.69) is 57.6 Å². The normalized spacial score (nSPS) is 16.4. The minimum Gasteiger partial charge on any atom is -0.383 e. The number of fused-ring (bicyclic) bond motifs is 1. The fourth-order valence-electron chi connectivity index (χ4n) is 4.30. The Morgan fingerprint density at radius 3 is 2.52 bits per heavy atom. The zero-order valence-corrected chi connectivity index (χ0v) is 17.4. The van der Waals surface area contributed by atoms with E-state index in [1.807, 2.05) is 7.05 Å². The van der Waals surface area contributed by atoms with Gasteiger partial charge in [-0.3, -0.25) is 4.68 Å². The molecule has 5 rings (SSSR count). The molecule has 1 aliphatic rings. The lowest BCUT2D eigenvalue weighted by atomic mass is 9.71. The van der Waals surface area contributed by atoms with Crippen LogP contribution in [0.1, 0.15) is 29.1 Å². The Hall–Kier alpha value is -3.00. The molecule has 0 saturated carbocycles.